The van der Waals surface area contributed by atoms with Crippen LogP contribution in [0.3, 0.4) is 0 Å². The molecule has 0 fully saturated rings. The summed E-state index contributed by atoms with van der Waals surface area (Å²) in [4.78, 5) is 24.0. The Morgan fingerprint density at radius 3 is 1.02 bits per heavy atom. The average molecular weight is 1800 g/mol. The molecule has 0 heterocycles. The summed E-state index contributed by atoms with van der Waals surface area (Å²) < 4.78 is 25.6. The Kier molecular flexibility index (Phi) is 71.3. The number of rotatable bonds is 19. The monoisotopic (exact) mass is 1800 g/mol. The first-order valence-corrected chi connectivity index (χ1v) is 39.2. The summed E-state index contributed by atoms with van der Waals surface area (Å²) in [5.74, 6) is -0.997. The fourth-order valence-electron chi connectivity index (χ4n) is 7.52. The Labute approximate surface area is 724 Å². The van der Waals surface area contributed by atoms with Gasteiger partial charge >= 0.3 is 58.0 Å². The van der Waals surface area contributed by atoms with Crippen LogP contribution in [-0.2, 0) is 47.3 Å². The minimum absolute atomic E-state index is 0. The van der Waals surface area contributed by atoms with Crippen LogP contribution in [0.1, 0.15) is 194 Å². The molecular formula is C65H125B16Br5Cl2Mg2O9Si2-6. The Morgan fingerprint density at radius 1 is 0.574 bits per heavy atom. The number of aliphatic hydroxyl groups is 4. The molecule has 36 heteroatoms. The van der Waals surface area contributed by atoms with Gasteiger partial charge in [-0.25, -0.2) is 9.59 Å². The molecule has 4 rings (SSSR count). The molecule has 0 bridgehead atoms. The Balaban J connectivity index is -0.0000000950. The average Bonchev–Trinajstić information content (AvgIpc) is 0.804. The van der Waals surface area contributed by atoms with E-state index in [-0.39, 0.29) is 112 Å². The zero-order valence-corrected chi connectivity index (χ0v) is 75.8. The number of carbonyl (C=O) groups excluding carboxylic acids is 2. The van der Waals surface area contributed by atoms with Gasteiger partial charge in [0.15, 0.2) is 15.7 Å². The number of hydrogen-bond acceptors (Lipinski definition) is 9. The molecule has 8 radical (unpaired) electrons. The van der Waals surface area contributed by atoms with Crippen molar-refractivity contribution in [3.8, 4) is 0 Å². The molecule has 0 unspecified atom stereocenters. The number of halogens is 7. The van der Waals surface area contributed by atoms with Crippen molar-refractivity contribution in [2.45, 2.75) is 208 Å². The summed E-state index contributed by atoms with van der Waals surface area (Å²) >= 11 is 19.4. The first-order chi connectivity index (χ1) is 43.8. The summed E-state index contributed by atoms with van der Waals surface area (Å²) in [6.07, 6.45) is 3.79. The van der Waals surface area contributed by atoms with E-state index in [4.69, 9.17) is 47.8 Å². The van der Waals surface area contributed by atoms with E-state index < -0.39 is 50.0 Å². The van der Waals surface area contributed by atoms with Gasteiger partial charge in [0.1, 0.15) is 0 Å². The summed E-state index contributed by atoms with van der Waals surface area (Å²) in [7, 11) is 24.3. The van der Waals surface area contributed by atoms with Crippen molar-refractivity contribution < 1.29 is 63.7 Å². The van der Waals surface area contributed by atoms with E-state index in [1.165, 1.54) is 67.7 Å². The second-order valence-corrected chi connectivity index (χ2v) is 38.9. The fraction of sp³-hybridized carbons (Fsp3) is 0.523. The molecule has 4 aromatic rings. The summed E-state index contributed by atoms with van der Waals surface area (Å²) in [6, 6.07) is 29.7. The SMILES string of the molecule is C=CBr.C=Cc1cc(C(C)(C)O)cc(C(C)(C)O)c1.CC(C)(O)c1cc(Br)cc(C(C)(C)O)c1.CC[Si](CC)(CC)OC(C)(C)c1cc(Br)cc(C(C)(C)C)c1.CC[Si](Cl)(CC)CC.COC(=O)c1cc(Br)cc(C(=O)OC)c1.Cl.[2H]B([BH3-])B([B])[BH3-].[B]B([BH3-])B([BH3-])C.[B]B([BH3-])B([B])[BH3-].[Br-].[CH3-].[H-].[H-].[Mg+2].[Mg+2]. The van der Waals surface area contributed by atoms with Gasteiger partial charge in [-0.1, -0.05) is 211 Å². The summed E-state index contributed by atoms with van der Waals surface area (Å²) in [6.45, 7) is 48.8. The van der Waals surface area contributed by atoms with Crippen LogP contribution in [0, 0.1) is 7.43 Å². The minimum atomic E-state index is -1.63. The van der Waals surface area contributed by atoms with Crippen LogP contribution in [0.25, 0.3) is 6.08 Å². The van der Waals surface area contributed by atoms with E-state index >= 15 is 0 Å². The molecule has 0 aromatic heterocycles. The number of hydrogen-bond donors (Lipinski definition) is 4. The normalized spacial score (nSPS) is 10.8. The van der Waals surface area contributed by atoms with Gasteiger partial charge in [0.2, 0.25) is 0 Å². The van der Waals surface area contributed by atoms with E-state index in [9.17, 15) is 30.0 Å². The van der Waals surface area contributed by atoms with Crippen LogP contribution in [0.5, 0.6) is 0 Å². The molecular weight excluding hydrogens is 1670 g/mol. The van der Waals surface area contributed by atoms with E-state index in [1.54, 1.807) is 78.6 Å². The van der Waals surface area contributed by atoms with Crippen molar-refractivity contribution in [3.05, 3.63) is 162 Å². The number of ether oxygens (including phenoxy) is 2. The van der Waals surface area contributed by atoms with Crippen molar-refractivity contribution >= 4 is 283 Å². The van der Waals surface area contributed by atoms with Gasteiger partial charge in [0.25, 0.3) is 0 Å². The topological polar surface area (TPSA) is 143 Å². The molecule has 4 N–H and O–H groups in total. The zero-order chi connectivity index (χ0) is 77.8. The van der Waals surface area contributed by atoms with Crippen molar-refractivity contribution in [3.63, 3.8) is 0 Å². The van der Waals surface area contributed by atoms with Gasteiger partial charge in [0.05, 0.1) is 53.4 Å². The number of methoxy groups -OCH3 is 2. The second-order valence-electron chi connectivity index (χ2n) is 24.0. The van der Waals surface area contributed by atoms with Crippen LogP contribution >= 0.6 is 87.2 Å². The van der Waals surface area contributed by atoms with Crippen molar-refractivity contribution in [1.82, 2.24) is 0 Å². The maximum atomic E-state index is 11.2. The number of benzene rings is 4. The molecule has 4 aromatic carbocycles. The molecule has 9 nitrogen and oxygen atoms in total. The third-order valence-electron chi connectivity index (χ3n) is 13.7. The maximum Gasteiger partial charge on any atom is 2.00 e. The quantitative estimate of drug-likeness (QED) is 0.0373. The molecule has 101 heavy (non-hydrogen) atoms. The molecule has 0 spiro atoms. The number of carbonyl (C=O) groups is 2. The third-order valence-corrected chi connectivity index (χ3v) is 26.1. The molecule has 0 saturated heterocycles. The van der Waals surface area contributed by atoms with Gasteiger partial charge in [-0.2, -0.15) is 30.2 Å². The molecule has 0 amide bonds. The second kappa shape index (κ2) is 59.8. The van der Waals surface area contributed by atoms with E-state index in [0.29, 0.717) is 79.8 Å². The van der Waals surface area contributed by atoms with Crippen molar-refractivity contribution in [2.24, 2.45) is 0 Å². The molecule has 0 aliphatic carbocycles. The zero-order valence-electron chi connectivity index (χ0n) is 64.4. The summed E-state index contributed by atoms with van der Waals surface area (Å²) in [5.41, 5.74) is 3.53. The predicted octanol–water partition coefficient (Wildman–Crippen LogP) is 6.21. The standard InChI is InChI=1S/C19H33BrOSi.C14H20O2.C12H17BrO2.C10H9BrO4.C6H15ClSi.C2H3Br.CH9B5.CH3.B6H6.B5H7.BrH.ClH.2Mg.2H/c1-9-22(10-2,11-3)21-19(7,8)16-12-15(18(4,5)6)13-17(20)14-16;1-6-10-7-11(13(2,3)15)9-12(8-10)14(4,5)16;1-11(2,14)8-5-9(12(3,4)15)7-10(13)6-8;1-14-9(12)6-3-7(10(13)15-2)5-8(11)4-6;1-4-8(7,5-2)6-3;1-2-3;1-5(2)6(3)4;;1-5(2)6(3)4;1-4-5(2)3;;;;;;/h12-14H,9-11H2,1-8H3;6-9,15-16H,1H2,2-5H3;5-7,14-15H,1-4H3;3-5H,1-2H3;4-6H2,1-3H3;2H,1H2;1-3H3;1H3;1,3H3;4H,1-2H3;2*1H;;;;/q;;;;;;-2;-1;2*-2;;;2*+2;2*-1/p-1/i;;;;;;;;;4D;;;;;;. The third kappa shape index (κ3) is 56.0. The van der Waals surface area contributed by atoms with E-state index in [1.807, 2.05) is 36.4 Å². The van der Waals surface area contributed by atoms with Crippen molar-refractivity contribution in [1.29, 1.82) is 1.34 Å². The van der Waals surface area contributed by atoms with Crippen LogP contribution in [0.2, 0.25) is 43.1 Å². The summed E-state index contributed by atoms with van der Waals surface area (Å²) in [5, 5.41) is 39.8. The van der Waals surface area contributed by atoms with Gasteiger partial charge in [-0.15, -0.1) is 39.1 Å². The van der Waals surface area contributed by atoms with Gasteiger partial charge in [-0.05, 0) is 240 Å². The predicted molar refractivity (Wildman–Crippen MR) is 507 cm³/mol. The largest absolute Gasteiger partial charge is 2.00 e. The van der Waals surface area contributed by atoms with Gasteiger partial charge in [0, 0.05) is 13.4 Å². The maximum absolute atomic E-state index is 11.2. The first kappa shape index (κ1) is 120. The Morgan fingerprint density at radius 2 is 0.822 bits per heavy atom. The Bertz CT molecular complexity index is 2780. The van der Waals surface area contributed by atoms with Crippen LogP contribution in [0.4, 0.5) is 0 Å². The molecule has 0 aliphatic rings. The van der Waals surface area contributed by atoms with Crippen LogP contribution in [-0.4, -0.2) is 226 Å². The Hall–Kier alpha value is 1.09. The van der Waals surface area contributed by atoms with Crippen molar-refractivity contribution in [2.75, 3.05) is 14.2 Å². The molecule has 0 aliphatic heterocycles. The van der Waals surface area contributed by atoms with Gasteiger partial charge < -0.3 is 61.6 Å². The molecule has 0 atom stereocenters. The van der Waals surface area contributed by atoms with Crippen LogP contribution in [0.15, 0.2) is 104 Å². The van der Waals surface area contributed by atoms with E-state index in [2.05, 4.69) is 188 Å². The molecule has 554 valence electrons. The number of esters is 2. The molecule has 0 saturated carbocycles. The fourth-order valence-corrected chi connectivity index (χ4v) is 13.6. The van der Waals surface area contributed by atoms with Gasteiger partial charge in [-0.3, -0.25) is 0 Å². The smallest absolute Gasteiger partial charge is 1.00 e. The first-order valence-electron chi connectivity index (χ1n) is 30.3. The van der Waals surface area contributed by atoms with Crippen LogP contribution < -0.4 is 17.0 Å². The minimum Gasteiger partial charge on any atom is -1.00 e. The van der Waals surface area contributed by atoms with E-state index in [0.717, 1.165) is 43.3 Å².